The number of amidine groups is 1. The van der Waals surface area contributed by atoms with Crippen LogP contribution in [-0.2, 0) is 10.2 Å². The maximum Gasteiger partial charge on any atom is 0.228 e. The maximum absolute atomic E-state index is 13.6. The van der Waals surface area contributed by atoms with Crippen LogP contribution in [0.3, 0.4) is 0 Å². The fourth-order valence-corrected chi connectivity index (χ4v) is 3.83. The molecule has 122 valence electrons. The molecule has 1 atom stereocenters. The lowest BCUT2D eigenvalue weighted by Crippen LogP contribution is -2.46. The number of nitriles is 1. The fraction of sp³-hybridized carbons (Fsp3) is 0.294. The molecule has 0 spiro atoms. The second-order valence-electron chi connectivity index (χ2n) is 6.18. The number of likely N-dealkylation sites (tertiary alicyclic amines) is 1. The van der Waals surface area contributed by atoms with Crippen LogP contribution in [0.15, 0.2) is 24.4 Å². The molecule has 5 nitrogen and oxygen atoms in total. The number of amides is 1. The van der Waals surface area contributed by atoms with Crippen molar-refractivity contribution in [3.8, 4) is 16.5 Å². The van der Waals surface area contributed by atoms with Gasteiger partial charge in [0.2, 0.25) is 5.91 Å². The quantitative estimate of drug-likeness (QED) is 0.909. The molecule has 2 aromatic rings. The topological polar surface area (TPSA) is 80.8 Å². The molecule has 1 amide bonds. The Morgan fingerprint density at radius 3 is 2.83 bits per heavy atom. The van der Waals surface area contributed by atoms with Crippen molar-refractivity contribution >= 4 is 23.1 Å². The van der Waals surface area contributed by atoms with Crippen molar-refractivity contribution in [2.75, 3.05) is 7.05 Å². The number of hydrogen-bond donors (Lipinski definition) is 1. The number of carbonyl (C=O) groups is 1. The number of halogens is 1. The van der Waals surface area contributed by atoms with Crippen LogP contribution in [-0.4, -0.2) is 28.7 Å². The average molecular weight is 342 g/mol. The standard InChI is InChI=1S/C17H15FN4OS/c1-17(6-14(20)22(2)15(23)7-17)16-21-9-13(24-16)11-3-10(8-19)4-12(18)5-11/h3-5,9,20H,6-7H2,1-2H3/t17-/m0/s1. The van der Waals surface area contributed by atoms with Crippen LogP contribution in [0.1, 0.15) is 30.3 Å². The first-order chi connectivity index (χ1) is 11.3. The summed E-state index contributed by atoms with van der Waals surface area (Å²) in [6.07, 6.45) is 2.34. The summed E-state index contributed by atoms with van der Waals surface area (Å²) in [5, 5.41) is 17.7. The molecule has 0 bridgehead atoms. The first kappa shape index (κ1) is 16.3. The number of piperidine rings is 1. The summed E-state index contributed by atoms with van der Waals surface area (Å²) >= 11 is 1.37. The van der Waals surface area contributed by atoms with Crippen molar-refractivity contribution in [3.63, 3.8) is 0 Å². The Morgan fingerprint density at radius 1 is 1.42 bits per heavy atom. The van der Waals surface area contributed by atoms with Gasteiger partial charge in [-0.25, -0.2) is 9.37 Å². The van der Waals surface area contributed by atoms with Crippen LogP contribution in [0, 0.1) is 22.6 Å². The van der Waals surface area contributed by atoms with E-state index in [-0.39, 0.29) is 23.7 Å². The summed E-state index contributed by atoms with van der Waals surface area (Å²) in [6.45, 7) is 1.92. The van der Waals surface area contributed by atoms with E-state index < -0.39 is 11.2 Å². The predicted octanol–water partition coefficient (Wildman–Crippen LogP) is 3.31. The van der Waals surface area contributed by atoms with Gasteiger partial charge in [-0.15, -0.1) is 11.3 Å². The summed E-state index contributed by atoms with van der Waals surface area (Å²) in [6, 6.07) is 6.10. The van der Waals surface area contributed by atoms with Crippen molar-refractivity contribution in [3.05, 3.63) is 40.8 Å². The van der Waals surface area contributed by atoms with Gasteiger partial charge in [0.25, 0.3) is 0 Å². The van der Waals surface area contributed by atoms with Gasteiger partial charge < -0.3 is 4.90 Å². The van der Waals surface area contributed by atoms with Crippen molar-refractivity contribution in [2.45, 2.75) is 25.2 Å². The first-order valence-electron chi connectivity index (χ1n) is 7.34. The second-order valence-corrected chi connectivity index (χ2v) is 7.21. The van der Waals surface area contributed by atoms with Gasteiger partial charge in [0.15, 0.2) is 0 Å². The molecular weight excluding hydrogens is 327 g/mol. The predicted molar refractivity (Wildman–Crippen MR) is 89.3 cm³/mol. The fourth-order valence-electron chi connectivity index (χ4n) is 2.79. The molecule has 1 N–H and O–H groups in total. The van der Waals surface area contributed by atoms with Crippen LogP contribution in [0.5, 0.6) is 0 Å². The Morgan fingerprint density at radius 2 is 2.17 bits per heavy atom. The molecule has 7 heteroatoms. The monoisotopic (exact) mass is 342 g/mol. The number of rotatable bonds is 2. The average Bonchev–Trinajstić information content (AvgIpc) is 3.03. The highest BCUT2D eigenvalue weighted by Gasteiger charge is 2.40. The van der Waals surface area contributed by atoms with Crippen LogP contribution < -0.4 is 0 Å². The number of nitrogens with zero attached hydrogens (tertiary/aromatic N) is 3. The summed E-state index contributed by atoms with van der Waals surface area (Å²) in [4.78, 5) is 18.6. The Kier molecular flexibility index (Phi) is 3.93. The highest BCUT2D eigenvalue weighted by Crippen LogP contribution is 2.40. The Bertz CT molecular complexity index is 865. The van der Waals surface area contributed by atoms with E-state index in [9.17, 15) is 9.18 Å². The lowest BCUT2D eigenvalue weighted by molar-refractivity contribution is -0.128. The van der Waals surface area contributed by atoms with E-state index in [0.717, 1.165) is 9.88 Å². The molecule has 0 aliphatic carbocycles. The lowest BCUT2D eigenvalue weighted by atomic mass is 9.80. The molecule has 1 saturated heterocycles. The number of benzene rings is 1. The minimum atomic E-state index is -0.533. The van der Waals surface area contributed by atoms with Crippen molar-refractivity contribution in [1.82, 2.24) is 9.88 Å². The normalized spacial score (nSPS) is 21.0. The van der Waals surface area contributed by atoms with E-state index in [1.54, 1.807) is 19.3 Å². The molecule has 0 saturated carbocycles. The minimum absolute atomic E-state index is 0.108. The van der Waals surface area contributed by atoms with Crippen LogP contribution in [0.4, 0.5) is 4.39 Å². The number of carbonyl (C=O) groups excluding carboxylic acids is 1. The van der Waals surface area contributed by atoms with Gasteiger partial charge in [-0.3, -0.25) is 10.2 Å². The Balaban J connectivity index is 1.97. The summed E-state index contributed by atoms with van der Waals surface area (Å²) in [7, 11) is 1.60. The molecule has 1 aromatic heterocycles. The molecule has 0 radical (unpaired) electrons. The molecule has 0 unspecified atom stereocenters. The number of thiazole rings is 1. The van der Waals surface area contributed by atoms with Gasteiger partial charge in [-0.05, 0) is 23.8 Å². The van der Waals surface area contributed by atoms with Crippen molar-refractivity contribution < 1.29 is 9.18 Å². The van der Waals surface area contributed by atoms with Crippen molar-refractivity contribution in [2.24, 2.45) is 0 Å². The van der Waals surface area contributed by atoms with Gasteiger partial charge >= 0.3 is 0 Å². The summed E-state index contributed by atoms with van der Waals surface area (Å²) < 4.78 is 13.6. The molecule has 1 aliphatic rings. The zero-order valence-corrected chi connectivity index (χ0v) is 14.1. The van der Waals surface area contributed by atoms with E-state index >= 15 is 0 Å². The van der Waals surface area contributed by atoms with Gasteiger partial charge in [-0.1, -0.05) is 6.92 Å². The highest BCUT2D eigenvalue weighted by molar-refractivity contribution is 7.15. The summed E-state index contributed by atoms with van der Waals surface area (Å²) in [5.41, 5.74) is 0.310. The Labute approximate surface area is 142 Å². The van der Waals surface area contributed by atoms with E-state index in [2.05, 4.69) is 4.98 Å². The molecule has 24 heavy (non-hydrogen) atoms. The SMILES string of the molecule is CN1C(=N)C[C@](C)(c2ncc(-c3cc(F)cc(C#N)c3)s2)CC1=O. The second kappa shape index (κ2) is 5.80. The van der Waals surface area contributed by atoms with Crippen molar-refractivity contribution in [1.29, 1.82) is 10.7 Å². The van der Waals surface area contributed by atoms with Gasteiger partial charge in [0.1, 0.15) is 11.7 Å². The first-order valence-corrected chi connectivity index (χ1v) is 8.15. The molecule has 1 aromatic carbocycles. The minimum Gasteiger partial charge on any atom is -0.304 e. The maximum atomic E-state index is 13.6. The molecule has 1 aliphatic heterocycles. The molecule has 1 fully saturated rings. The number of hydrogen-bond acceptors (Lipinski definition) is 5. The summed E-state index contributed by atoms with van der Waals surface area (Å²) in [5.74, 6) is -0.312. The molecule has 2 heterocycles. The third kappa shape index (κ3) is 2.81. The largest absolute Gasteiger partial charge is 0.304 e. The van der Waals surface area contributed by atoms with Crippen LogP contribution in [0.25, 0.3) is 10.4 Å². The van der Waals surface area contributed by atoms with E-state index in [4.69, 9.17) is 10.7 Å². The Hall–Kier alpha value is -2.59. The van der Waals surface area contributed by atoms with Gasteiger partial charge in [-0.2, -0.15) is 5.26 Å². The zero-order chi connectivity index (χ0) is 17.5. The lowest BCUT2D eigenvalue weighted by Gasteiger charge is -2.36. The van der Waals surface area contributed by atoms with Gasteiger partial charge in [0.05, 0.1) is 21.5 Å². The van der Waals surface area contributed by atoms with Gasteiger partial charge in [0, 0.05) is 31.5 Å². The third-order valence-electron chi connectivity index (χ3n) is 4.21. The smallest absolute Gasteiger partial charge is 0.228 e. The van der Waals surface area contributed by atoms with E-state index in [1.807, 2.05) is 13.0 Å². The highest BCUT2D eigenvalue weighted by atomic mass is 32.1. The number of nitrogens with one attached hydrogen (secondary N) is 1. The van der Waals surface area contributed by atoms with E-state index in [1.165, 1.54) is 28.4 Å². The molecular formula is C17H15FN4OS. The third-order valence-corrected chi connectivity index (χ3v) is 5.56. The van der Waals surface area contributed by atoms with Crippen LogP contribution >= 0.6 is 11.3 Å². The van der Waals surface area contributed by atoms with E-state index in [0.29, 0.717) is 12.0 Å². The zero-order valence-electron chi connectivity index (χ0n) is 13.3. The van der Waals surface area contributed by atoms with Crippen LogP contribution in [0.2, 0.25) is 0 Å². The number of aromatic nitrogens is 1. The molecule has 3 rings (SSSR count).